The number of sulfonamides is 1. The van der Waals surface area contributed by atoms with Crippen LogP contribution >= 0.6 is 11.3 Å². The number of nitrogens with one attached hydrogen (secondary N) is 1. The van der Waals surface area contributed by atoms with Gasteiger partial charge in [0.2, 0.25) is 10.0 Å². The van der Waals surface area contributed by atoms with Crippen LogP contribution in [-0.4, -0.2) is 43.8 Å². The quantitative estimate of drug-likeness (QED) is 0.453. The molecule has 1 heterocycles. The van der Waals surface area contributed by atoms with Crippen molar-refractivity contribution in [2.24, 2.45) is 0 Å². The SMILES string of the molecule is CCCCN(CC)S(=O)(=O)c1ccc(C(=O)Nc2nc(-c3cccc(OC)c3)cs2)cc1. The highest BCUT2D eigenvalue weighted by Crippen LogP contribution is 2.28. The minimum Gasteiger partial charge on any atom is -0.497 e. The van der Waals surface area contributed by atoms with Gasteiger partial charge in [-0.1, -0.05) is 32.4 Å². The molecule has 0 aliphatic heterocycles. The van der Waals surface area contributed by atoms with Gasteiger partial charge in [0.1, 0.15) is 5.75 Å². The topological polar surface area (TPSA) is 88.6 Å². The minimum atomic E-state index is -3.58. The molecular formula is C23H27N3O4S2. The fraction of sp³-hybridized carbons (Fsp3) is 0.304. The maximum absolute atomic E-state index is 12.8. The zero-order chi connectivity index (χ0) is 23.1. The zero-order valence-corrected chi connectivity index (χ0v) is 20.0. The molecule has 9 heteroatoms. The number of amides is 1. The summed E-state index contributed by atoms with van der Waals surface area (Å²) in [5.41, 5.74) is 1.98. The summed E-state index contributed by atoms with van der Waals surface area (Å²) in [6.07, 6.45) is 1.72. The molecule has 0 saturated heterocycles. The van der Waals surface area contributed by atoms with E-state index >= 15 is 0 Å². The molecular weight excluding hydrogens is 446 g/mol. The van der Waals surface area contributed by atoms with Crippen LogP contribution in [-0.2, 0) is 10.0 Å². The van der Waals surface area contributed by atoms with Gasteiger partial charge in [-0.05, 0) is 42.8 Å². The lowest BCUT2D eigenvalue weighted by Crippen LogP contribution is -2.31. The maximum Gasteiger partial charge on any atom is 0.257 e. The van der Waals surface area contributed by atoms with Gasteiger partial charge in [-0.3, -0.25) is 10.1 Å². The standard InChI is InChI=1S/C23H27N3O4S2/c1-4-6-14-26(5-2)32(28,29)20-12-10-17(11-13-20)22(27)25-23-24-21(16-31-23)18-8-7-9-19(15-18)30-3/h7-13,15-16H,4-6,14H2,1-3H3,(H,24,25,27). The first-order valence-electron chi connectivity index (χ1n) is 10.4. The first kappa shape index (κ1) is 23.9. The zero-order valence-electron chi connectivity index (χ0n) is 18.4. The van der Waals surface area contributed by atoms with E-state index in [4.69, 9.17) is 4.74 Å². The molecule has 0 aliphatic rings. The van der Waals surface area contributed by atoms with Crippen molar-refractivity contribution in [3.63, 3.8) is 0 Å². The van der Waals surface area contributed by atoms with Gasteiger partial charge in [0.25, 0.3) is 5.91 Å². The van der Waals surface area contributed by atoms with Crippen LogP contribution in [0.25, 0.3) is 11.3 Å². The molecule has 0 atom stereocenters. The van der Waals surface area contributed by atoms with Crippen molar-refractivity contribution in [1.82, 2.24) is 9.29 Å². The Morgan fingerprint density at radius 3 is 2.56 bits per heavy atom. The van der Waals surface area contributed by atoms with Crippen molar-refractivity contribution in [2.45, 2.75) is 31.6 Å². The van der Waals surface area contributed by atoms with Gasteiger partial charge in [-0.15, -0.1) is 11.3 Å². The predicted molar refractivity (Wildman–Crippen MR) is 128 cm³/mol. The number of aromatic nitrogens is 1. The van der Waals surface area contributed by atoms with Crippen LogP contribution in [0.3, 0.4) is 0 Å². The molecule has 3 aromatic rings. The monoisotopic (exact) mass is 473 g/mol. The molecule has 170 valence electrons. The normalized spacial score (nSPS) is 11.5. The van der Waals surface area contributed by atoms with Crippen LogP contribution in [0.1, 0.15) is 37.0 Å². The van der Waals surface area contributed by atoms with Crippen molar-refractivity contribution in [3.8, 4) is 17.0 Å². The summed E-state index contributed by atoms with van der Waals surface area (Å²) in [6, 6.07) is 13.5. The van der Waals surface area contributed by atoms with E-state index in [0.717, 1.165) is 29.8 Å². The van der Waals surface area contributed by atoms with E-state index in [9.17, 15) is 13.2 Å². The molecule has 1 aromatic heterocycles. The van der Waals surface area contributed by atoms with E-state index < -0.39 is 10.0 Å². The van der Waals surface area contributed by atoms with E-state index in [1.165, 1.54) is 39.9 Å². The van der Waals surface area contributed by atoms with Gasteiger partial charge in [0.15, 0.2) is 5.13 Å². The number of unbranched alkanes of at least 4 members (excludes halogenated alkanes) is 1. The van der Waals surface area contributed by atoms with E-state index in [-0.39, 0.29) is 10.8 Å². The van der Waals surface area contributed by atoms with Crippen LogP contribution < -0.4 is 10.1 Å². The summed E-state index contributed by atoms with van der Waals surface area (Å²) in [5.74, 6) is 0.381. The van der Waals surface area contributed by atoms with Crippen molar-refractivity contribution in [1.29, 1.82) is 0 Å². The average molecular weight is 474 g/mol. The smallest absolute Gasteiger partial charge is 0.257 e. The van der Waals surface area contributed by atoms with Crippen molar-refractivity contribution >= 4 is 32.4 Å². The second-order valence-electron chi connectivity index (χ2n) is 7.10. The highest BCUT2D eigenvalue weighted by Gasteiger charge is 2.22. The highest BCUT2D eigenvalue weighted by atomic mass is 32.2. The predicted octanol–water partition coefficient (Wildman–Crippen LogP) is 4.88. The maximum atomic E-state index is 12.8. The second kappa shape index (κ2) is 10.7. The summed E-state index contributed by atoms with van der Waals surface area (Å²) in [6.45, 7) is 4.74. The summed E-state index contributed by atoms with van der Waals surface area (Å²) in [4.78, 5) is 17.3. The molecule has 0 saturated carbocycles. The number of ether oxygens (including phenoxy) is 1. The Morgan fingerprint density at radius 2 is 1.91 bits per heavy atom. The lowest BCUT2D eigenvalue weighted by atomic mass is 10.2. The van der Waals surface area contributed by atoms with Crippen molar-refractivity contribution < 1.29 is 17.9 Å². The Hall–Kier alpha value is -2.75. The van der Waals surface area contributed by atoms with Gasteiger partial charge in [0.05, 0.1) is 17.7 Å². The molecule has 0 radical (unpaired) electrons. The Labute approximate surface area is 193 Å². The number of hydrogen-bond donors (Lipinski definition) is 1. The van der Waals surface area contributed by atoms with Crippen LogP contribution in [0.4, 0.5) is 5.13 Å². The summed E-state index contributed by atoms with van der Waals surface area (Å²) >= 11 is 1.32. The molecule has 0 spiro atoms. The largest absolute Gasteiger partial charge is 0.497 e. The number of methoxy groups -OCH3 is 1. The number of thiazole rings is 1. The Kier molecular flexibility index (Phi) is 8.00. The molecule has 7 nitrogen and oxygen atoms in total. The summed E-state index contributed by atoms with van der Waals surface area (Å²) < 4.78 is 32.4. The number of rotatable bonds is 10. The van der Waals surface area contributed by atoms with Gasteiger partial charge in [-0.25, -0.2) is 13.4 Å². The Balaban J connectivity index is 1.71. The van der Waals surface area contributed by atoms with Crippen molar-refractivity contribution in [3.05, 3.63) is 59.5 Å². The average Bonchev–Trinajstić information content (AvgIpc) is 3.28. The van der Waals surface area contributed by atoms with Gasteiger partial charge in [0, 0.05) is 29.6 Å². The lowest BCUT2D eigenvalue weighted by Gasteiger charge is -2.20. The molecule has 0 fully saturated rings. The third-order valence-electron chi connectivity index (χ3n) is 4.96. The number of hydrogen-bond acceptors (Lipinski definition) is 6. The second-order valence-corrected chi connectivity index (χ2v) is 9.89. The van der Waals surface area contributed by atoms with E-state index in [1.807, 2.05) is 43.5 Å². The van der Waals surface area contributed by atoms with Gasteiger partial charge in [-0.2, -0.15) is 4.31 Å². The number of benzene rings is 2. The Bertz CT molecular complexity index is 1160. The molecule has 0 bridgehead atoms. The van der Waals surface area contributed by atoms with Crippen molar-refractivity contribution in [2.75, 3.05) is 25.5 Å². The molecule has 1 amide bonds. The molecule has 0 unspecified atom stereocenters. The first-order valence-corrected chi connectivity index (χ1v) is 12.7. The molecule has 32 heavy (non-hydrogen) atoms. The fourth-order valence-corrected chi connectivity index (χ4v) is 5.33. The number of nitrogens with zero attached hydrogens (tertiary/aromatic N) is 2. The number of anilines is 1. The molecule has 2 aromatic carbocycles. The van der Waals surface area contributed by atoms with Gasteiger partial charge < -0.3 is 4.74 Å². The van der Waals surface area contributed by atoms with Gasteiger partial charge >= 0.3 is 0 Å². The lowest BCUT2D eigenvalue weighted by molar-refractivity contribution is 0.102. The van der Waals surface area contributed by atoms with Crippen LogP contribution in [0.5, 0.6) is 5.75 Å². The molecule has 0 aliphatic carbocycles. The highest BCUT2D eigenvalue weighted by molar-refractivity contribution is 7.89. The summed E-state index contributed by atoms with van der Waals surface area (Å²) in [7, 11) is -1.97. The first-order chi connectivity index (χ1) is 15.4. The Morgan fingerprint density at radius 1 is 1.16 bits per heavy atom. The van der Waals surface area contributed by atoms with E-state index in [0.29, 0.717) is 23.8 Å². The number of carbonyl (C=O) groups is 1. The fourth-order valence-electron chi connectivity index (χ4n) is 3.13. The third kappa shape index (κ3) is 5.53. The third-order valence-corrected chi connectivity index (χ3v) is 7.70. The van der Waals surface area contributed by atoms with Crippen LogP contribution in [0, 0.1) is 0 Å². The van der Waals surface area contributed by atoms with E-state index in [1.54, 1.807) is 7.11 Å². The number of carbonyl (C=O) groups excluding carboxylic acids is 1. The minimum absolute atomic E-state index is 0.182. The van der Waals surface area contributed by atoms with Crippen LogP contribution in [0.15, 0.2) is 58.8 Å². The molecule has 3 rings (SSSR count). The molecule has 1 N–H and O–H groups in total. The van der Waals surface area contributed by atoms with Crippen LogP contribution in [0.2, 0.25) is 0 Å². The van der Waals surface area contributed by atoms with E-state index in [2.05, 4.69) is 10.3 Å². The summed E-state index contributed by atoms with van der Waals surface area (Å²) in [5, 5.41) is 5.09.